The summed E-state index contributed by atoms with van der Waals surface area (Å²) in [6, 6.07) is 18.2. The molecule has 0 saturated carbocycles. The van der Waals surface area contributed by atoms with Crippen molar-refractivity contribution in [3.05, 3.63) is 83.4 Å². The molecule has 0 aromatic heterocycles. The van der Waals surface area contributed by atoms with Gasteiger partial charge in [0.15, 0.2) is 0 Å². The van der Waals surface area contributed by atoms with Crippen LogP contribution in [0.4, 0.5) is 0 Å². The fraction of sp³-hybridized carbons (Fsp3) is 0.0588. The Labute approximate surface area is 114 Å². The van der Waals surface area contributed by atoms with Gasteiger partial charge in [0.05, 0.1) is 0 Å². The standard InChI is InChI=1S/C9H10.C8H7Cl/c1-3-9-6-4-8(2)5-7-9;9-7-6-8-4-2-1-3-5-8/h3-7H,1H2,2H3;1-7H. The van der Waals surface area contributed by atoms with Crippen LogP contribution in [-0.4, -0.2) is 0 Å². The Morgan fingerprint density at radius 3 is 2.00 bits per heavy atom. The summed E-state index contributed by atoms with van der Waals surface area (Å²) in [5.41, 5.74) is 5.11. The average Bonchev–Trinajstić information content (AvgIpc) is 2.42. The molecule has 1 heteroatoms. The molecule has 0 heterocycles. The maximum Gasteiger partial charge on any atom is 0.00484 e. The third kappa shape index (κ3) is 5.51. The van der Waals surface area contributed by atoms with Crippen molar-refractivity contribution in [2.24, 2.45) is 0 Å². The lowest BCUT2D eigenvalue weighted by Crippen LogP contribution is -1.71. The molecule has 2 aromatic carbocycles. The van der Waals surface area contributed by atoms with Crippen LogP contribution in [0.15, 0.2) is 66.7 Å². The summed E-state index contributed by atoms with van der Waals surface area (Å²) in [4.78, 5) is 0. The monoisotopic (exact) mass is 256 g/mol. The molecule has 0 aliphatic carbocycles. The minimum Gasteiger partial charge on any atom is -0.0985 e. The van der Waals surface area contributed by atoms with Crippen LogP contribution in [0, 0.1) is 6.92 Å². The van der Waals surface area contributed by atoms with Crippen molar-refractivity contribution < 1.29 is 0 Å². The minimum absolute atomic E-state index is 1.13. The fourth-order valence-electron chi connectivity index (χ4n) is 1.34. The van der Waals surface area contributed by atoms with Crippen LogP contribution in [0.2, 0.25) is 0 Å². The first-order valence-corrected chi connectivity index (χ1v) is 6.21. The second-order valence-corrected chi connectivity index (χ2v) is 4.07. The van der Waals surface area contributed by atoms with Crippen molar-refractivity contribution in [3.8, 4) is 0 Å². The van der Waals surface area contributed by atoms with E-state index in [-0.39, 0.29) is 0 Å². The molecule has 0 aliphatic heterocycles. The summed E-state index contributed by atoms with van der Waals surface area (Å²) in [5.74, 6) is 0. The van der Waals surface area contributed by atoms with Crippen molar-refractivity contribution in [2.45, 2.75) is 6.92 Å². The Morgan fingerprint density at radius 2 is 1.50 bits per heavy atom. The van der Waals surface area contributed by atoms with Crippen molar-refractivity contribution in [1.82, 2.24) is 0 Å². The maximum absolute atomic E-state index is 5.36. The number of benzene rings is 2. The van der Waals surface area contributed by atoms with Gasteiger partial charge in [0.2, 0.25) is 0 Å². The van der Waals surface area contributed by atoms with Gasteiger partial charge < -0.3 is 0 Å². The van der Waals surface area contributed by atoms with Gasteiger partial charge in [0.1, 0.15) is 0 Å². The zero-order valence-electron chi connectivity index (χ0n) is 10.5. The van der Waals surface area contributed by atoms with E-state index in [9.17, 15) is 0 Å². The highest BCUT2D eigenvalue weighted by molar-refractivity contribution is 6.27. The molecule has 0 nitrogen and oxygen atoms in total. The Morgan fingerprint density at radius 1 is 0.889 bits per heavy atom. The molecule has 18 heavy (non-hydrogen) atoms. The summed E-state index contributed by atoms with van der Waals surface area (Å²) < 4.78 is 0. The van der Waals surface area contributed by atoms with Gasteiger partial charge in [-0.2, -0.15) is 0 Å². The van der Waals surface area contributed by atoms with Crippen LogP contribution in [-0.2, 0) is 0 Å². The Balaban J connectivity index is 0.000000180. The number of halogens is 1. The first-order valence-electron chi connectivity index (χ1n) is 5.77. The lowest BCUT2D eigenvalue weighted by atomic mass is 10.2. The number of hydrogen-bond donors (Lipinski definition) is 0. The van der Waals surface area contributed by atoms with E-state index in [1.807, 2.05) is 42.5 Å². The second kappa shape index (κ2) is 8.32. The van der Waals surface area contributed by atoms with E-state index in [0.717, 1.165) is 5.56 Å². The first kappa shape index (κ1) is 14.3. The van der Waals surface area contributed by atoms with Gasteiger partial charge in [-0.15, -0.1) is 0 Å². The van der Waals surface area contributed by atoms with E-state index in [1.165, 1.54) is 16.7 Å². The average molecular weight is 257 g/mol. The van der Waals surface area contributed by atoms with Crippen LogP contribution >= 0.6 is 11.6 Å². The molecule has 0 fully saturated rings. The van der Waals surface area contributed by atoms with Crippen LogP contribution in [0.25, 0.3) is 12.2 Å². The third-order valence-corrected chi connectivity index (χ3v) is 2.49. The van der Waals surface area contributed by atoms with Crippen molar-refractivity contribution in [1.29, 1.82) is 0 Å². The topological polar surface area (TPSA) is 0 Å². The van der Waals surface area contributed by atoms with E-state index in [4.69, 9.17) is 11.6 Å². The molecule has 0 bridgehead atoms. The summed E-state index contributed by atoms with van der Waals surface area (Å²) >= 11 is 5.36. The van der Waals surface area contributed by atoms with Crippen LogP contribution < -0.4 is 0 Å². The highest BCUT2D eigenvalue weighted by Crippen LogP contribution is 2.03. The van der Waals surface area contributed by atoms with Gasteiger partial charge in [0.25, 0.3) is 0 Å². The van der Waals surface area contributed by atoms with E-state index in [1.54, 1.807) is 0 Å². The van der Waals surface area contributed by atoms with Gasteiger partial charge in [-0.3, -0.25) is 0 Å². The molecule has 0 saturated heterocycles. The molecule has 0 amide bonds. The Kier molecular flexibility index (Phi) is 6.60. The Hall–Kier alpha value is -1.79. The molecule has 0 spiro atoms. The minimum atomic E-state index is 1.13. The lowest BCUT2D eigenvalue weighted by Gasteiger charge is -1.91. The largest absolute Gasteiger partial charge is 0.0985 e. The first-order chi connectivity index (χ1) is 8.76. The van der Waals surface area contributed by atoms with Crippen LogP contribution in [0.1, 0.15) is 16.7 Å². The summed E-state index contributed by atoms with van der Waals surface area (Å²) in [5, 5.41) is 0. The van der Waals surface area contributed by atoms with Gasteiger partial charge in [-0.1, -0.05) is 84.4 Å². The normalized spacial score (nSPS) is 9.67. The zero-order chi connectivity index (χ0) is 13.2. The van der Waals surface area contributed by atoms with Crippen molar-refractivity contribution in [3.63, 3.8) is 0 Å². The molecule has 0 N–H and O–H groups in total. The highest BCUT2D eigenvalue weighted by Gasteiger charge is 1.82. The van der Waals surface area contributed by atoms with E-state index >= 15 is 0 Å². The SMILES string of the molecule is C=Cc1ccc(C)cc1.ClC=Cc1ccccc1. The van der Waals surface area contributed by atoms with Gasteiger partial charge in [0, 0.05) is 5.54 Å². The summed E-state index contributed by atoms with van der Waals surface area (Å²) in [6.45, 7) is 5.74. The quantitative estimate of drug-likeness (QED) is 0.662. The number of aryl methyl sites for hydroxylation is 1. The number of rotatable bonds is 2. The highest BCUT2D eigenvalue weighted by atomic mass is 35.5. The summed E-state index contributed by atoms with van der Waals surface area (Å²) in [6.07, 6.45) is 3.70. The third-order valence-electron chi connectivity index (χ3n) is 2.37. The smallest absolute Gasteiger partial charge is 0.00484 e. The van der Waals surface area contributed by atoms with E-state index < -0.39 is 0 Å². The lowest BCUT2D eigenvalue weighted by molar-refractivity contribution is 1.46. The van der Waals surface area contributed by atoms with Gasteiger partial charge in [-0.25, -0.2) is 0 Å². The van der Waals surface area contributed by atoms with E-state index in [0.29, 0.717) is 0 Å². The van der Waals surface area contributed by atoms with Crippen molar-refractivity contribution >= 4 is 23.8 Å². The van der Waals surface area contributed by atoms with Crippen LogP contribution in [0.3, 0.4) is 0 Å². The van der Waals surface area contributed by atoms with Crippen LogP contribution in [0.5, 0.6) is 0 Å². The molecule has 2 rings (SSSR count). The second-order valence-electron chi connectivity index (χ2n) is 3.82. The molecule has 92 valence electrons. The number of hydrogen-bond acceptors (Lipinski definition) is 0. The van der Waals surface area contributed by atoms with Gasteiger partial charge in [-0.05, 0) is 24.1 Å². The van der Waals surface area contributed by atoms with Crippen molar-refractivity contribution in [2.75, 3.05) is 0 Å². The predicted octanol–water partition coefficient (Wildman–Crippen LogP) is 5.53. The Bertz CT molecular complexity index is 481. The molecule has 0 aliphatic rings. The van der Waals surface area contributed by atoms with Gasteiger partial charge >= 0.3 is 0 Å². The predicted molar refractivity (Wildman–Crippen MR) is 82.6 cm³/mol. The zero-order valence-corrected chi connectivity index (χ0v) is 11.3. The molecule has 0 atom stereocenters. The summed E-state index contributed by atoms with van der Waals surface area (Å²) in [7, 11) is 0. The van der Waals surface area contributed by atoms with E-state index in [2.05, 4.69) is 37.8 Å². The molecular weight excluding hydrogens is 240 g/mol. The molecule has 2 aromatic rings. The fourth-order valence-corrected chi connectivity index (χ4v) is 1.48. The maximum atomic E-state index is 5.36. The molecule has 0 radical (unpaired) electrons. The molecule has 0 unspecified atom stereocenters. The molecular formula is C17H17Cl.